The predicted octanol–water partition coefficient (Wildman–Crippen LogP) is 1.66. The zero-order valence-electron chi connectivity index (χ0n) is 9.93. The Bertz CT molecular complexity index is 436. The number of nitrogens with two attached hydrogens (primary N) is 1. The molecule has 1 rings (SSSR count). The number of rotatable bonds is 6. The number of aliphatic carboxylic acids is 1. The molecule has 7 heteroatoms. The normalized spacial score (nSPS) is 12.2. The number of nitrogens with zero attached hydrogens (tertiary/aromatic N) is 1. The van der Waals surface area contributed by atoms with Crippen molar-refractivity contribution in [3.63, 3.8) is 0 Å². The first-order chi connectivity index (χ1) is 8.43. The van der Waals surface area contributed by atoms with E-state index in [1.54, 1.807) is 16.2 Å². The third kappa shape index (κ3) is 4.40. The number of thiophene rings is 1. The minimum atomic E-state index is -1.06. The minimum Gasteiger partial charge on any atom is -0.481 e. The molecule has 0 fully saturated rings. The fourth-order valence-corrected chi connectivity index (χ4v) is 2.98. The summed E-state index contributed by atoms with van der Waals surface area (Å²) in [4.78, 5) is 25.1. The fraction of sp³-hybridized carbons (Fsp3) is 0.455. The molecule has 0 aromatic carbocycles. The van der Waals surface area contributed by atoms with Crippen molar-refractivity contribution in [1.82, 2.24) is 4.90 Å². The van der Waals surface area contributed by atoms with E-state index >= 15 is 0 Å². The van der Waals surface area contributed by atoms with Crippen LogP contribution in [-0.2, 0) is 16.1 Å². The van der Waals surface area contributed by atoms with Gasteiger partial charge in [0.25, 0.3) is 0 Å². The molecule has 100 valence electrons. The molecular weight excluding hydrogens is 320 g/mol. The summed E-state index contributed by atoms with van der Waals surface area (Å²) in [5.41, 5.74) is 5.58. The number of carboxylic acids is 1. The molecule has 0 aliphatic carbocycles. The maximum absolute atomic E-state index is 12.0. The van der Waals surface area contributed by atoms with Gasteiger partial charge in [-0.1, -0.05) is 0 Å². The van der Waals surface area contributed by atoms with E-state index in [0.717, 1.165) is 8.66 Å². The number of carbonyl (C=O) groups excluding carboxylic acids is 1. The van der Waals surface area contributed by atoms with Crippen LogP contribution in [0.15, 0.2) is 15.9 Å². The number of hydrogen-bond donors (Lipinski definition) is 2. The second-order valence-electron chi connectivity index (χ2n) is 3.76. The summed E-state index contributed by atoms with van der Waals surface area (Å²) < 4.78 is 0.996. The van der Waals surface area contributed by atoms with Crippen molar-refractivity contribution >= 4 is 39.1 Å². The molecule has 0 saturated carbocycles. The van der Waals surface area contributed by atoms with Crippen LogP contribution in [0, 0.1) is 0 Å². The molecule has 1 unspecified atom stereocenters. The lowest BCUT2D eigenvalue weighted by Crippen LogP contribution is -2.44. The van der Waals surface area contributed by atoms with Gasteiger partial charge >= 0.3 is 5.97 Å². The molecule has 1 amide bonds. The first-order valence-electron chi connectivity index (χ1n) is 5.44. The van der Waals surface area contributed by atoms with Crippen LogP contribution in [0.25, 0.3) is 0 Å². The molecule has 0 radical (unpaired) electrons. The van der Waals surface area contributed by atoms with Crippen molar-refractivity contribution < 1.29 is 14.7 Å². The maximum Gasteiger partial charge on any atom is 0.305 e. The van der Waals surface area contributed by atoms with Crippen LogP contribution in [-0.4, -0.2) is 34.5 Å². The van der Waals surface area contributed by atoms with E-state index in [1.165, 1.54) is 0 Å². The largest absolute Gasteiger partial charge is 0.481 e. The highest BCUT2D eigenvalue weighted by Gasteiger charge is 2.22. The Balaban J connectivity index is 2.65. The zero-order chi connectivity index (χ0) is 13.7. The van der Waals surface area contributed by atoms with E-state index in [9.17, 15) is 9.59 Å². The summed E-state index contributed by atoms with van der Waals surface area (Å²) in [6.07, 6.45) is -0.344. The minimum absolute atomic E-state index is 0.329. The Morgan fingerprint density at radius 2 is 2.22 bits per heavy atom. The van der Waals surface area contributed by atoms with Gasteiger partial charge in [0.2, 0.25) is 5.91 Å². The van der Waals surface area contributed by atoms with Crippen molar-refractivity contribution in [2.45, 2.75) is 25.9 Å². The number of amides is 1. The van der Waals surface area contributed by atoms with Gasteiger partial charge in [-0.05, 0) is 35.0 Å². The Hall–Kier alpha value is -0.920. The second-order valence-corrected chi connectivity index (χ2v) is 6.31. The summed E-state index contributed by atoms with van der Waals surface area (Å²) in [5, 5.41) is 8.63. The topological polar surface area (TPSA) is 83.6 Å². The molecule has 1 aromatic rings. The first kappa shape index (κ1) is 15.1. The Labute approximate surface area is 118 Å². The maximum atomic E-state index is 12.0. The van der Waals surface area contributed by atoms with Crippen LogP contribution in [0.2, 0.25) is 0 Å². The zero-order valence-corrected chi connectivity index (χ0v) is 12.3. The highest BCUT2D eigenvalue weighted by atomic mass is 79.9. The smallest absolute Gasteiger partial charge is 0.305 e. The van der Waals surface area contributed by atoms with E-state index in [-0.39, 0.29) is 12.3 Å². The van der Waals surface area contributed by atoms with Crippen LogP contribution >= 0.6 is 27.3 Å². The lowest BCUT2D eigenvalue weighted by Gasteiger charge is -2.23. The number of likely N-dealkylation sites (N-methyl/N-ethyl adjacent to an activating group) is 1. The Morgan fingerprint density at radius 3 is 2.67 bits per heavy atom. The summed E-state index contributed by atoms with van der Waals surface area (Å²) in [7, 11) is 0. The highest BCUT2D eigenvalue weighted by Crippen LogP contribution is 2.23. The van der Waals surface area contributed by atoms with Gasteiger partial charge in [0.05, 0.1) is 22.8 Å². The molecule has 18 heavy (non-hydrogen) atoms. The lowest BCUT2D eigenvalue weighted by molar-refractivity contribution is -0.142. The summed E-state index contributed by atoms with van der Waals surface area (Å²) in [5.74, 6) is -1.39. The fourth-order valence-electron chi connectivity index (χ4n) is 1.48. The number of carboxylic acid groups (broad SMARTS) is 1. The molecule has 3 N–H and O–H groups in total. The quantitative estimate of drug-likeness (QED) is 0.828. The lowest BCUT2D eigenvalue weighted by atomic mass is 10.2. The summed E-state index contributed by atoms with van der Waals surface area (Å²) in [6, 6.07) is 2.86. The van der Waals surface area contributed by atoms with Crippen molar-refractivity contribution in [3.05, 3.63) is 20.8 Å². The van der Waals surface area contributed by atoms with Gasteiger partial charge in [-0.15, -0.1) is 11.3 Å². The van der Waals surface area contributed by atoms with Crippen molar-refractivity contribution in [2.24, 2.45) is 5.73 Å². The van der Waals surface area contributed by atoms with Gasteiger partial charge in [0.15, 0.2) is 0 Å². The molecule has 1 atom stereocenters. The van der Waals surface area contributed by atoms with Crippen LogP contribution < -0.4 is 5.73 Å². The van der Waals surface area contributed by atoms with E-state index in [1.807, 2.05) is 19.1 Å². The van der Waals surface area contributed by atoms with Crippen molar-refractivity contribution in [2.75, 3.05) is 6.54 Å². The van der Waals surface area contributed by atoms with Crippen LogP contribution in [0.5, 0.6) is 0 Å². The van der Waals surface area contributed by atoms with Gasteiger partial charge in [0.1, 0.15) is 0 Å². The van der Waals surface area contributed by atoms with E-state index in [4.69, 9.17) is 10.8 Å². The predicted molar refractivity (Wildman–Crippen MR) is 73.3 cm³/mol. The standard InChI is InChI=1S/C11H15BrN2O3S/c1-2-14(6-7-3-4-9(12)18-7)11(17)8(13)5-10(15)16/h3-4,8H,2,5-6,13H2,1H3,(H,15,16). The summed E-state index contributed by atoms with van der Waals surface area (Å²) in [6.45, 7) is 2.80. The van der Waals surface area contributed by atoms with Gasteiger partial charge < -0.3 is 15.7 Å². The Morgan fingerprint density at radius 1 is 1.56 bits per heavy atom. The first-order valence-corrected chi connectivity index (χ1v) is 7.05. The molecule has 0 bridgehead atoms. The van der Waals surface area contributed by atoms with Gasteiger partial charge in [-0.3, -0.25) is 9.59 Å². The molecule has 0 spiro atoms. The van der Waals surface area contributed by atoms with E-state index in [0.29, 0.717) is 13.1 Å². The SMILES string of the molecule is CCN(Cc1ccc(Br)s1)C(=O)C(N)CC(=O)O. The van der Waals surface area contributed by atoms with E-state index < -0.39 is 12.0 Å². The molecule has 0 saturated heterocycles. The number of hydrogen-bond acceptors (Lipinski definition) is 4. The number of halogens is 1. The third-order valence-corrected chi connectivity index (χ3v) is 3.99. The molecule has 1 aromatic heterocycles. The number of carbonyl (C=O) groups is 2. The van der Waals surface area contributed by atoms with Gasteiger partial charge in [0, 0.05) is 11.4 Å². The summed E-state index contributed by atoms with van der Waals surface area (Å²) >= 11 is 4.90. The highest BCUT2D eigenvalue weighted by molar-refractivity contribution is 9.11. The van der Waals surface area contributed by atoms with Crippen LogP contribution in [0.3, 0.4) is 0 Å². The monoisotopic (exact) mass is 334 g/mol. The third-order valence-electron chi connectivity index (χ3n) is 2.38. The van der Waals surface area contributed by atoms with E-state index in [2.05, 4.69) is 15.9 Å². The van der Waals surface area contributed by atoms with Crippen molar-refractivity contribution in [3.8, 4) is 0 Å². The average molecular weight is 335 g/mol. The molecule has 0 aliphatic heterocycles. The van der Waals surface area contributed by atoms with Crippen LogP contribution in [0.4, 0.5) is 0 Å². The molecular formula is C11H15BrN2O3S. The molecule has 5 nitrogen and oxygen atoms in total. The van der Waals surface area contributed by atoms with Gasteiger partial charge in [-0.25, -0.2) is 0 Å². The second kappa shape index (κ2) is 6.86. The van der Waals surface area contributed by atoms with Gasteiger partial charge in [-0.2, -0.15) is 0 Å². The average Bonchev–Trinajstić information content (AvgIpc) is 2.70. The van der Waals surface area contributed by atoms with Crippen LogP contribution in [0.1, 0.15) is 18.2 Å². The molecule has 1 heterocycles. The van der Waals surface area contributed by atoms with Crippen molar-refractivity contribution in [1.29, 1.82) is 0 Å². The Kier molecular flexibility index (Phi) is 5.77. The molecule has 0 aliphatic rings.